The molecular weight excluding hydrogens is 254 g/mol. The second-order valence-corrected chi connectivity index (χ2v) is 5.54. The molecule has 110 valence electrons. The molecular formula is C14H23N5O. The molecule has 0 spiro atoms. The molecule has 0 atom stereocenters. The van der Waals surface area contributed by atoms with E-state index in [0.717, 1.165) is 37.9 Å². The summed E-state index contributed by atoms with van der Waals surface area (Å²) in [5.74, 6) is 1.62. The van der Waals surface area contributed by atoms with Gasteiger partial charge in [0, 0.05) is 19.1 Å². The van der Waals surface area contributed by atoms with Crippen LogP contribution < -0.4 is 16.0 Å². The third kappa shape index (κ3) is 2.95. The second-order valence-electron chi connectivity index (χ2n) is 5.54. The molecule has 1 aromatic heterocycles. The Kier molecular flexibility index (Phi) is 4.20. The van der Waals surface area contributed by atoms with E-state index >= 15 is 0 Å². The lowest BCUT2D eigenvalue weighted by molar-refractivity contribution is 0.122. The van der Waals surface area contributed by atoms with E-state index in [0.29, 0.717) is 11.7 Å². The molecule has 1 aromatic rings. The summed E-state index contributed by atoms with van der Waals surface area (Å²) in [7, 11) is 0. The molecule has 1 saturated heterocycles. The fraction of sp³-hybridized carbons (Fsp3) is 0.714. The highest BCUT2D eigenvalue weighted by molar-refractivity contribution is 5.75. The summed E-state index contributed by atoms with van der Waals surface area (Å²) in [6.07, 6.45) is 7.94. The normalized spacial score (nSPS) is 20.9. The smallest absolute Gasteiger partial charge is 0.157 e. The van der Waals surface area contributed by atoms with Gasteiger partial charge in [-0.3, -0.25) is 0 Å². The number of hydrogen-bond donors (Lipinski definition) is 2. The van der Waals surface area contributed by atoms with Crippen molar-refractivity contribution in [3.63, 3.8) is 0 Å². The van der Waals surface area contributed by atoms with Gasteiger partial charge in [-0.25, -0.2) is 9.97 Å². The summed E-state index contributed by atoms with van der Waals surface area (Å²) in [6, 6.07) is 0.499. The fourth-order valence-corrected chi connectivity index (χ4v) is 2.97. The first kappa shape index (κ1) is 13.4. The predicted octanol–water partition coefficient (Wildman–Crippen LogP) is 1.64. The summed E-state index contributed by atoms with van der Waals surface area (Å²) in [5, 5.41) is 3.49. The van der Waals surface area contributed by atoms with Crippen LogP contribution in [0.1, 0.15) is 32.1 Å². The molecule has 1 aliphatic heterocycles. The molecule has 1 saturated carbocycles. The quantitative estimate of drug-likeness (QED) is 0.874. The molecule has 2 aliphatic rings. The Morgan fingerprint density at radius 3 is 2.65 bits per heavy atom. The Hall–Kier alpha value is -1.56. The maximum atomic E-state index is 6.26. The van der Waals surface area contributed by atoms with E-state index in [1.54, 1.807) is 6.33 Å². The van der Waals surface area contributed by atoms with Gasteiger partial charge in [-0.2, -0.15) is 0 Å². The van der Waals surface area contributed by atoms with Gasteiger partial charge in [0.1, 0.15) is 12.0 Å². The molecule has 3 rings (SSSR count). The van der Waals surface area contributed by atoms with Crippen LogP contribution in [0, 0.1) is 0 Å². The molecule has 0 amide bonds. The van der Waals surface area contributed by atoms with E-state index in [4.69, 9.17) is 10.5 Å². The highest BCUT2D eigenvalue weighted by Gasteiger charge is 2.20. The number of aromatic nitrogens is 2. The SMILES string of the molecule is Nc1c(NC2CCCCC2)ncnc1N1CCOCC1. The van der Waals surface area contributed by atoms with Crippen LogP contribution in [-0.4, -0.2) is 42.3 Å². The van der Waals surface area contributed by atoms with Crippen molar-refractivity contribution >= 4 is 17.3 Å². The highest BCUT2D eigenvalue weighted by Crippen LogP contribution is 2.29. The van der Waals surface area contributed by atoms with Crippen LogP contribution in [0.3, 0.4) is 0 Å². The van der Waals surface area contributed by atoms with E-state index in [2.05, 4.69) is 20.2 Å². The first-order valence-corrected chi connectivity index (χ1v) is 7.54. The van der Waals surface area contributed by atoms with Crippen molar-refractivity contribution in [1.82, 2.24) is 9.97 Å². The molecule has 0 radical (unpaired) electrons. The second kappa shape index (κ2) is 6.26. The topological polar surface area (TPSA) is 76.3 Å². The Balaban J connectivity index is 1.74. The number of rotatable bonds is 3. The van der Waals surface area contributed by atoms with E-state index in [1.807, 2.05) is 0 Å². The van der Waals surface area contributed by atoms with Gasteiger partial charge in [0.15, 0.2) is 11.6 Å². The van der Waals surface area contributed by atoms with Gasteiger partial charge < -0.3 is 20.7 Å². The van der Waals surface area contributed by atoms with Gasteiger partial charge in [0.25, 0.3) is 0 Å². The number of nitrogens with two attached hydrogens (primary N) is 1. The van der Waals surface area contributed by atoms with E-state index < -0.39 is 0 Å². The first-order chi connectivity index (χ1) is 9.84. The molecule has 3 N–H and O–H groups in total. The molecule has 2 fully saturated rings. The van der Waals surface area contributed by atoms with Crippen LogP contribution in [0.5, 0.6) is 0 Å². The molecule has 6 heteroatoms. The molecule has 0 aromatic carbocycles. The van der Waals surface area contributed by atoms with Crippen molar-refractivity contribution < 1.29 is 4.74 Å². The van der Waals surface area contributed by atoms with E-state index in [9.17, 15) is 0 Å². The van der Waals surface area contributed by atoms with Crippen molar-refractivity contribution in [3.8, 4) is 0 Å². The molecule has 6 nitrogen and oxygen atoms in total. The van der Waals surface area contributed by atoms with Crippen LogP contribution in [0.15, 0.2) is 6.33 Å². The molecule has 20 heavy (non-hydrogen) atoms. The average molecular weight is 277 g/mol. The lowest BCUT2D eigenvalue weighted by Crippen LogP contribution is -2.37. The average Bonchev–Trinajstić information content (AvgIpc) is 2.51. The lowest BCUT2D eigenvalue weighted by atomic mass is 9.95. The van der Waals surface area contributed by atoms with Crippen molar-refractivity contribution in [2.75, 3.05) is 42.3 Å². The van der Waals surface area contributed by atoms with Crippen LogP contribution >= 0.6 is 0 Å². The van der Waals surface area contributed by atoms with E-state index in [-0.39, 0.29) is 0 Å². The maximum absolute atomic E-state index is 6.26. The number of morpholine rings is 1. The Bertz CT molecular complexity index is 441. The third-order valence-corrected chi connectivity index (χ3v) is 4.12. The van der Waals surface area contributed by atoms with Crippen molar-refractivity contribution in [1.29, 1.82) is 0 Å². The predicted molar refractivity (Wildman–Crippen MR) is 80.0 cm³/mol. The summed E-state index contributed by atoms with van der Waals surface area (Å²) in [5.41, 5.74) is 6.93. The standard InChI is InChI=1S/C14H23N5O/c15-12-13(18-11-4-2-1-3-5-11)16-10-17-14(12)19-6-8-20-9-7-19/h10-11H,1-9,15H2,(H,16,17,18). The number of anilines is 3. The lowest BCUT2D eigenvalue weighted by Gasteiger charge is -2.30. The van der Waals surface area contributed by atoms with Crippen LogP contribution in [-0.2, 0) is 4.74 Å². The minimum atomic E-state index is 0.499. The molecule has 0 bridgehead atoms. The first-order valence-electron chi connectivity index (χ1n) is 7.54. The van der Waals surface area contributed by atoms with Crippen molar-refractivity contribution in [2.24, 2.45) is 0 Å². The Morgan fingerprint density at radius 2 is 1.90 bits per heavy atom. The van der Waals surface area contributed by atoms with Crippen molar-refractivity contribution in [3.05, 3.63) is 6.33 Å². The van der Waals surface area contributed by atoms with Crippen LogP contribution in [0.25, 0.3) is 0 Å². The zero-order chi connectivity index (χ0) is 13.8. The summed E-state index contributed by atoms with van der Waals surface area (Å²) in [4.78, 5) is 10.8. The minimum Gasteiger partial charge on any atom is -0.393 e. The maximum Gasteiger partial charge on any atom is 0.157 e. The number of ether oxygens (including phenoxy) is 1. The minimum absolute atomic E-state index is 0.499. The molecule has 1 aliphatic carbocycles. The Morgan fingerprint density at radius 1 is 1.15 bits per heavy atom. The van der Waals surface area contributed by atoms with Gasteiger partial charge in [0.2, 0.25) is 0 Å². The zero-order valence-electron chi connectivity index (χ0n) is 11.8. The number of nitrogen functional groups attached to an aromatic ring is 1. The van der Waals surface area contributed by atoms with Gasteiger partial charge in [-0.15, -0.1) is 0 Å². The third-order valence-electron chi connectivity index (χ3n) is 4.12. The summed E-state index contributed by atoms with van der Waals surface area (Å²) in [6.45, 7) is 3.14. The van der Waals surface area contributed by atoms with Gasteiger partial charge in [-0.05, 0) is 12.8 Å². The highest BCUT2D eigenvalue weighted by atomic mass is 16.5. The number of hydrogen-bond acceptors (Lipinski definition) is 6. The number of nitrogens with one attached hydrogen (secondary N) is 1. The van der Waals surface area contributed by atoms with Crippen LogP contribution in [0.2, 0.25) is 0 Å². The molecule has 0 unspecified atom stereocenters. The monoisotopic (exact) mass is 277 g/mol. The van der Waals surface area contributed by atoms with Crippen molar-refractivity contribution in [2.45, 2.75) is 38.1 Å². The molecule has 2 heterocycles. The number of nitrogens with zero attached hydrogens (tertiary/aromatic N) is 3. The van der Waals surface area contributed by atoms with Gasteiger partial charge in [-0.1, -0.05) is 19.3 Å². The summed E-state index contributed by atoms with van der Waals surface area (Å²) >= 11 is 0. The van der Waals surface area contributed by atoms with Gasteiger partial charge in [0.05, 0.1) is 13.2 Å². The zero-order valence-corrected chi connectivity index (χ0v) is 11.8. The Labute approximate surface area is 119 Å². The summed E-state index contributed by atoms with van der Waals surface area (Å²) < 4.78 is 5.37. The fourth-order valence-electron chi connectivity index (χ4n) is 2.97. The van der Waals surface area contributed by atoms with E-state index in [1.165, 1.54) is 32.1 Å². The van der Waals surface area contributed by atoms with Crippen LogP contribution in [0.4, 0.5) is 17.3 Å². The van der Waals surface area contributed by atoms with Gasteiger partial charge >= 0.3 is 0 Å². The largest absolute Gasteiger partial charge is 0.393 e.